The highest BCUT2D eigenvalue weighted by Crippen LogP contribution is 2.11. The molecular formula is C9H12N4O2. The number of piperazine rings is 1. The number of carboxylic acids is 1. The molecule has 2 N–H and O–H groups in total. The first-order valence-corrected chi connectivity index (χ1v) is 4.76. The Bertz CT molecular complexity index is 343. The van der Waals surface area contributed by atoms with Crippen LogP contribution < -0.4 is 10.2 Å². The van der Waals surface area contributed by atoms with Crippen molar-refractivity contribution >= 4 is 11.9 Å². The first-order valence-electron chi connectivity index (χ1n) is 4.76. The maximum Gasteiger partial charge on any atom is 0.327 e. The molecule has 0 aromatic carbocycles. The first-order chi connectivity index (χ1) is 7.29. The minimum Gasteiger partial charge on any atom is -0.480 e. The van der Waals surface area contributed by atoms with E-state index in [4.69, 9.17) is 5.11 Å². The summed E-state index contributed by atoms with van der Waals surface area (Å²) in [5.41, 5.74) is 0. The van der Waals surface area contributed by atoms with Gasteiger partial charge >= 0.3 is 5.97 Å². The zero-order valence-corrected chi connectivity index (χ0v) is 8.13. The first kappa shape index (κ1) is 9.85. The minimum absolute atomic E-state index is 0.424. The van der Waals surface area contributed by atoms with Crippen molar-refractivity contribution < 1.29 is 9.90 Å². The lowest BCUT2D eigenvalue weighted by atomic mass is 10.2. The Hall–Kier alpha value is -1.69. The van der Waals surface area contributed by atoms with Crippen LogP contribution in [-0.4, -0.2) is 46.7 Å². The van der Waals surface area contributed by atoms with Crippen LogP contribution in [0.4, 0.5) is 5.95 Å². The maximum atomic E-state index is 11.0. The minimum atomic E-state index is -0.852. The van der Waals surface area contributed by atoms with E-state index in [1.165, 1.54) is 0 Å². The van der Waals surface area contributed by atoms with Gasteiger partial charge in [0.15, 0.2) is 0 Å². The van der Waals surface area contributed by atoms with Crippen molar-refractivity contribution in [3.8, 4) is 0 Å². The van der Waals surface area contributed by atoms with E-state index in [0.29, 0.717) is 19.0 Å². The van der Waals surface area contributed by atoms with Crippen molar-refractivity contribution in [2.75, 3.05) is 24.5 Å². The molecule has 6 nitrogen and oxygen atoms in total. The molecule has 2 rings (SSSR count). The summed E-state index contributed by atoms with van der Waals surface area (Å²) in [7, 11) is 0. The largest absolute Gasteiger partial charge is 0.480 e. The molecule has 1 saturated heterocycles. The third kappa shape index (κ3) is 2.04. The van der Waals surface area contributed by atoms with Crippen LogP contribution >= 0.6 is 0 Å². The molecule has 6 heteroatoms. The zero-order valence-electron chi connectivity index (χ0n) is 8.13. The van der Waals surface area contributed by atoms with Gasteiger partial charge < -0.3 is 15.3 Å². The summed E-state index contributed by atoms with van der Waals surface area (Å²) < 4.78 is 0. The predicted octanol–water partition coefficient (Wildman–Crippen LogP) is -0.661. The molecule has 15 heavy (non-hydrogen) atoms. The molecular weight excluding hydrogens is 196 g/mol. The Morgan fingerprint density at radius 3 is 2.93 bits per heavy atom. The number of hydrogen-bond acceptors (Lipinski definition) is 5. The monoisotopic (exact) mass is 208 g/mol. The summed E-state index contributed by atoms with van der Waals surface area (Å²) in [6, 6.07) is 1.13. The molecule has 1 aliphatic heterocycles. The van der Waals surface area contributed by atoms with E-state index in [2.05, 4.69) is 15.3 Å². The van der Waals surface area contributed by atoms with Crippen LogP contribution in [0, 0.1) is 0 Å². The Morgan fingerprint density at radius 2 is 2.27 bits per heavy atom. The van der Waals surface area contributed by atoms with Gasteiger partial charge in [0, 0.05) is 32.0 Å². The van der Waals surface area contributed by atoms with E-state index < -0.39 is 12.0 Å². The van der Waals surface area contributed by atoms with Crippen LogP contribution in [0.3, 0.4) is 0 Å². The van der Waals surface area contributed by atoms with Crippen LogP contribution in [0.25, 0.3) is 0 Å². The molecule has 0 spiro atoms. The van der Waals surface area contributed by atoms with Crippen molar-refractivity contribution in [3.63, 3.8) is 0 Å². The second-order valence-electron chi connectivity index (χ2n) is 3.30. The van der Waals surface area contributed by atoms with Gasteiger partial charge in [0.1, 0.15) is 6.04 Å². The smallest absolute Gasteiger partial charge is 0.327 e. The van der Waals surface area contributed by atoms with Crippen LogP contribution in [0.2, 0.25) is 0 Å². The standard InChI is InChI=1S/C9H12N4O2/c14-8(15)7-6-10-4-5-13(7)9-11-2-1-3-12-9/h1-3,7,10H,4-6H2,(H,14,15)/t7-/m0/s1. The highest BCUT2D eigenvalue weighted by atomic mass is 16.4. The number of rotatable bonds is 2. The zero-order chi connectivity index (χ0) is 10.7. The summed E-state index contributed by atoms with van der Waals surface area (Å²) in [5.74, 6) is -0.374. The Kier molecular flexibility index (Phi) is 2.77. The molecule has 1 aromatic heterocycles. The summed E-state index contributed by atoms with van der Waals surface area (Å²) in [6.07, 6.45) is 3.23. The fourth-order valence-corrected chi connectivity index (χ4v) is 1.60. The molecule has 0 aliphatic carbocycles. The Morgan fingerprint density at radius 1 is 1.53 bits per heavy atom. The number of aliphatic carboxylic acids is 1. The van der Waals surface area contributed by atoms with Gasteiger partial charge in [-0.2, -0.15) is 0 Å². The van der Waals surface area contributed by atoms with Crippen LogP contribution in [0.5, 0.6) is 0 Å². The molecule has 1 aromatic rings. The number of nitrogens with zero attached hydrogens (tertiary/aromatic N) is 3. The van der Waals surface area contributed by atoms with E-state index in [1.807, 2.05) is 0 Å². The quantitative estimate of drug-likeness (QED) is 0.671. The van der Waals surface area contributed by atoms with Gasteiger partial charge in [0.25, 0.3) is 0 Å². The molecule has 0 unspecified atom stereocenters. The average molecular weight is 208 g/mol. The van der Waals surface area contributed by atoms with E-state index >= 15 is 0 Å². The van der Waals surface area contributed by atoms with E-state index in [1.54, 1.807) is 23.4 Å². The molecule has 1 atom stereocenters. The number of anilines is 1. The van der Waals surface area contributed by atoms with Crippen molar-refractivity contribution in [3.05, 3.63) is 18.5 Å². The Labute approximate surface area is 87.0 Å². The molecule has 1 aliphatic rings. The summed E-state index contributed by atoms with van der Waals surface area (Å²) in [5, 5.41) is 12.1. The summed E-state index contributed by atoms with van der Waals surface area (Å²) >= 11 is 0. The number of aromatic nitrogens is 2. The fourth-order valence-electron chi connectivity index (χ4n) is 1.60. The topological polar surface area (TPSA) is 78.4 Å². The SMILES string of the molecule is O=C(O)[C@@H]1CNCCN1c1ncccn1. The van der Waals surface area contributed by atoms with Crippen molar-refractivity contribution in [1.82, 2.24) is 15.3 Å². The Balaban J connectivity index is 2.22. The van der Waals surface area contributed by atoms with Gasteiger partial charge in [-0.3, -0.25) is 0 Å². The molecule has 0 radical (unpaired) electrons. The number of hydrogen-bond donors (Lipinski definition) is 2. The van der Waals surface area contributed by atoms with Gasteiger partial charge in [0.05, 0.1) is 0 Å². The maximum absolute atomic E-state index is 11.0. The molecule has 0 amide bonds. The average Bonchev–Trinajstić information content (AvgIpc) is 2.30. The van der Waals surface area contributed by atoms with Crippen LogP contribution in [0.15, 0.2) is 18.5 Å². The van der Waals surface area contributed by atoms with Crippen molar-refractivity contribution in [1.29, 1.82) is 0 Å². The predicted molar refractivity (Wildman–Crippen MR) is 53.7 cm³/mol. The van der Waals surface area contributed by atoms with Crippen molar-refractivity contribution in [2.45, 2.75) is 6.04 Å². The van der Waals surface area contributed by atoms with Crippen LogP contribution in [0.1, 0.15) is 0 Å². The highest BCUT2D eigenvalue weighted by molar-refractivity contribution is 5.77. The lowest BCUT2D eigenvalue weighted by Gasteiger charge is -2.33. The highest BCUT2D eigenvalue weighted by Gasteiger charge is 2.29. The molecule has 0 bridgehead atoms. The molecule has 2 heterocycles. The number of nitrogens with one attached hydrogen (secondary N) is 1. The third-order valence-electron chi connectivity index (χ3n) is 2.34. The van der Waals surface area contributed by atoms with Crippen LogP contribution in [-0.2, 0) is 4.79 Å². The van der Waals surface area contributed by atoms with Gasteiger partial charge in [-0.05, 0) is 6.07 Å². The van der Waals surface area contributed by atoms with Gasteiger partial charge in [-0.15, -0.1) is 0 Å². The van der Waals surface area contributed by atoms with Gasteiger partial charge in [-0.25, -0.2) is 14.8 Å². The normalized spacial score (nSPS) is 21.3. The second kappa shape index (κ2) is 4.22. The lowest BCUT2D eigenvalue weighted by Crippen LogP contribution is -2.55. The molecule has 80 valence electrons. The summed E-state index contributed by atoms with van der Waals surface area (Å²) in [6.45, 7) is 1.79. The molecule has 1 fully saturated rings. The lowest BCUT2D eigenvalue weighted by molar-refractivity contribution is -0.138. The van der Waals surface area contributed by atoms with Gasteiger partial charge in [0.2, 0.25) is 5.95 Å². The van der Waals surface area contributed by atoms with E-state index in [9.17, 15) is 4.79 Å². The third-order valence-corrected chi connectivity index (χ3v) is 2.34. The summed E-state index contributed by atoms with van der Waals surface area (Å²) in [4.78, 5) is 20.8. The second-order valence-corrected chi connectivity index (χ2v) is 3.30. The number of carboxylic acid groups (broad SMARTS) is 1. The fraction of sp³-hybridized carbons (Fsp3) is 0.444. The van der Waals surface area contributed by atoms with Gasteiger partial charge in [-0.1, -0.05) is 0 Å². The van der Waals surface area contributed by atoms with E-state index in [-0.39, 0.29) is 0 Å². The number of carbonyl (C=O) groups is 1. The van der Waals surface area contributed by atoms with E-state index in [0.717, 1.165) is 6.54 Å². The molecule has 0 saturated carbocycles. The van der Waals surface area contributed by atoms with Crippen molar-refractivity contribution in [2.24, 2.45) is 0 Å².